The zero-order chi connectivity index (χ0) is 11.5. The normalized spacial score (nSPS) is 26.2. The number of hydrogen-bond donors (Lipinski definition) is 0. The minimum Gasteiger partial charge on any atom is -0.298 e. The van der Waals surface area contributed by atoms with Gasteiger partial charge < -0.3 is 0 Å². The monoisotopic (exact) mass is 301 g/mol. The number of rotatable bonds is 3. The smallest absolute Gasteiger partial charge is 0.0701 e. The van der Waals surface area contributed by atoms with Crippen LogP contribution in [0.5, 0.6) is 0 Å². The first-order chi connectivity index (χ1) is 7.65. The fourth-order valence-electron chi connectivity index (χ4n) is 2.61. The number of halogens is 1. The molecule has 1 nitrogen and oxygen atoms in total. The summed E-state index contributed by atoms with van der Waals surface area (Å²) in [6, 6.07) is 5.18. The molecular weight excluding hydrogens is 282 g/mol. The molecule has 1 aromatic rings. The summed E-state index contributed by atoms with van der Waals surface area (Å²) in [5.41, 5.74) is 0. The molecule has 3 heteroatoms. The lowest BCUT2D eigenvalue weighted by atomic mass is 9.86. The Hall–Kier alpha value is 0.140. The summed E-state index contributed by atoms with van der Waals surface area (Å²) >= 11 is 5.38. The molecule has 1 aliphatic carbocycles. The molecule has 2 atom stereocenters. The van der Waals surface area contributed by atoms with E-state index in [1.165, 1.54) is 34.3 Å². The lowest BCUT2D eigenvalue weighted by Gasteiger charge is -2.33. The molecule has 0 aromatic carbocycles. The zero-order valence-electron chi connectivity index (χ0n) is 10.1. The van der Waals surface area contributed by atoms with Gasteiger partial charge in [0, 0.05) is 17.5 Å². The highest BCUT2D eigenvalue weighted by molar-refractivity contribution is 9.11. The minimum atomic E-state index is 0.796. The van der Waals surface area contributed by atoms with Crippen LogP contribution in [0.15, 0.2) is 15.9 Å². The van der Waals surface area contributed by atoms with Crippen molar-refractivity contribution in [3.63, 3.8) is 0 Å². The van der Waals surface area contributed by atoms with E-state index in [9.17, 15) is 0 Å². The van der Waals surface area contributed by atoms with Crippen molar-refractivity contribution in [3.05, 3.63) is 20.8 Å². The molecule has 1 fully saturated rings. The summed E-state index contributed by atoms with van der Waals surface area (Å²) in [4.78, 5) is 4.00. The predicted molar refractivity (Wildman–Crippen MR) is 74.9 cm³/mol. The predicted octanol–water partition coefficient (Wildman–Crippen LogP) is 4.52. The Labute approximate surface area is 111 Å². The maximum atomic E-state index is 3.53. The molecule has 1 aromatic heterocycles. The van der Waals surface area contributed by atoms with Crippen LogP contribution in [0.4, 0.5) is 0 Å². The van der Waals surface area contributed by atoms with Crippen LogP contribution in [0.25, 0.3) is 0 Å². The first-order valence-electron chi connectivity index (χ1n) is 6.09. The van der Waals surface area contributed by atoms with Crippen LogP contribution in [0.2, 0.25) is 0 Å². The largest absolute Gasteiger partial charge is 0.298 e. The number of hydrogen-bond acceptors (Lipinski definition) is 2. The minimum absolute atomic E-state index is 0.796. The molecule has 1 aliphatic rings. The SMILES string of the molecule is CC1CCCC(N(C)Cc2ccc(Br)s2)C1. The lowest BCUT2D eigenvalue weighted by Crippen LogP contribution is -2.34. The average Bonchev–Trinajstić information content (AvgIpc) is 2.64. The molecule has 0 bridgehead atoms. The van der Waals surface area contributed by atoms with Crippen molar-refractivity contribution < 1.29 is 0 Å². The highest BCUT2D eigenvalue weighted by Crippen LogP contribution is 2.29. The van der Waals surface area contributed by atoms with E-state index in [0.717, 1.165) is 18.5 Å². The molecule has 0 saturated heterocycles. The van der Waals surface area contributed by atoms with Crippen LogP contribution >= 0.6 is 27.3 Å². The first-order valence-corrected chi connectivity index (χ1v) is 7.70. The van der Waals surface area contributed by atoms with Gasteiger partial charge in [-0.1, -0.05) is 19.8 Å². The van der Waals surface area contributed by atoms with E-state index in [0.29, 0.717) is 0 Å². The van der Waals surface area contributed by atoms with Gasteiger partial charge in [-0.2, -0.15) is 0 Å². The van der Waals surface area contributed by atoms with Gasteiger partial charge in [-0.15, -0.1) is 11.3 Å². The van der Waals surface area contributed by atoms with Gasteiger partial charge >= 0.3 is 0 Å². The van der Waals surface area contributed by atoms with E-state index >= 15 is 0 Å². The number of nitrogens with zero attached hydrogens (tertiary/aromatic N) is 1. The first kappa shape index (κ1) is 12.6. The van der Waals surface area contributed by atoms with Gasteiger partial charge in [-0.3, -0.25) is 4.90 Å². The quantitative estimate of drug-likeness (QED) is 0.793. The van der Waals surface area contributed by atoms with Crippen molar-refractivity contribution in [1.29, 1.82) is 0 Å². The van der Waals surface area contributed by atoms with Crippen LogP contribution in [0, 0.1) is 5.92 Å². The molecule has 0 N–H and O–H groups in total. The lowest BCUT2D eigenvalue weighted by molar-refractivity contribution is 0.159. The van der Waals surface area contributed by atoms with Crippen molar-refractivity contribution >= 4 is 27.3 Å². The third-order valence-corrected chi connectivity index (χ3v) is 5.17. The third-order valence-electron chi connectivity index (χ3n) is 3.57. The maximum absolute atomic E-state index is 3.53. The fraction of sp³-hybridized carbons (Fsp3) is 0.692. The van der Waals surface area contributed by atoms with E-state index < -0.39 is 0 Å². The van der Waals surface area contributed by atoms with E-state index in [1.54, 1.807) is 0 Å². The van der Waals surface area contributed by atoms with Gasteiger partial charge in [0.25, 0.3) is 0 Å². The summed E-state index contributed by atoms with van der Waals surface area (Å²) in [6.07, 6.45) is 5.59. The molecule has 16 heavy (non-hydrogen) atoms. The highest BCUT2D eigenvalue weighted by atomic mass is 79.9. The Balaban J connectivity index is 1.89. The van der Waals surface area contributed by atoms with Crippen molar-refractivity contribution in [3.8, 4) is 0 Å². The van der Waals surface area contributed by atoms with E-state index in [1.807, 2.05) is 11.3 Å². The summed E-state index contributed by atoms with van der Waals surface area (Å²) in [6.45, 7) is 3.50. The van der Waals surface area contributed by atoms with Gasteiger partial charge in [0.1, 0.15) is 0 Å². The van der Waals surface area contributed by atoms with Crippen LogP contribution in [0.1, 0.15) is 37.5 Å². The van der Waals surface area contributed by atoms with E-state index in [-0.39, 0.29) is 0 Å². The maximum Gasteiger partial charge on any atom is 0.0701 e. The van der Waals surface area contributed by atoms with Crippen LogP contribution in [0.3, 0.4) is 0 Å². The average molecular weight is 302 g/mol. The molecule has 0 spiro atoms. The van der Waals surface area contributed by atoms with Gasteiger partial charge in [0.2, 0.25) is 0 Å². The van der Waals surface area contributed by atoms with Crippen LogP contribution in [-0.2, 0) is 6.54 Å². The second kappa shape index (κ2) is 5.65. The highest BCUT2D eigenvalue weighted by Gasteiger charge is 2.22. The Kier molecular flexibility index (Phi) is 4.45. The Morgan fingerprint density at radius 1 is 1.44 bits per heavy atom. The molecule has 0 radical (unpaired) electrons. The second-order valence-corrected chi connectivity index (χ2v) is 7.59. The van der Waals surface area contributed by atoms with Gasteiger partial charge in [-0.05, 0) is 53.9 Å². The standard InChI is InChI=1S/C13H20BrNS/c1-10-4-3-5-11(8-10)15(2)9-12-6-7-13(14)16-12/h6-7,10-11H,3-5,8-9H2,1-2H3. The van der Waals surface area contributed by atoms with Crippen molar-refractivity contribution in [1.82, 2.24) is 4.90 Å². The van der Waals surface area contributed by atoms with E-state index in [2.05, 4.69) is 46.9 Å². The number of thiophene rings is 1. The summed E-state index contributed by atoms with van der Waals surface area (Å²) in [5, 5.41) is 0. The van der Waals surface area contributed by atoms with Crippen LogP contribution in [-0.4, -0.2) is 18.0 Å². The van der Waals surface area contributed by atoms with Crippen molar-refractivity contribution in [2.24, 2.45) is 5.92 Å². The molecule has 90 valence electrons. The van der Waals surface area contributed by atoms with E-state index in [4.69, 9.17) is 0 Å². The van der Waals surface area contributed by atoms with Gasteiger partial charge in [0.15, 0.2) is 0 Å². The molecule has 2 rings (SSSR count). The second-order valence-electron chi connectivity index (χ2n) is 5.05. The molecule has 2 unspecified atom stereocenters. The summed E-state index contributed by atoms with van der Waals surface area (Å²) in [7, 11) is 2.27. The Morgan fingerprint density at radius 2 is 2.25 bits per heavy atom. The topological polar surface area (TPSA) is 3.24 Å². The zero-order valence-corrected chi connectivity index (χ0v) is 12.5. The molecule has 0 amide bonds. The van der Waals surface area contributed by atoms with Crippen molar-refractivity contribution in [2.45, 2.75) is 45.2 Å². The third kappa shape index (κ3) is 3.31. The Morgan fingerprint density at radius 3 is 2.88 bits per heavy atom. The van der Waals surface area contributed by atoms with Gasteiger partial charge in [-0.25, -0.2) is 0 Å². The van der Waals surface area contributed by atoms with Gasteiger partial charge in [0.05, 0.1) is 3.79 Å². The molecule has 1 saturated carbocycles. The summed E-state index contributed by atoms with van der Waals surface area (Å²) < 4.78 is 1.24. The molecule has 1 heterocycles. The van der Waals surface area contributed by atoms with Crippen LogP contribution < -0.4 is 0 Å². The molecular formula is C13H20BrNS. The molecule has 0 aliphatic heterocycles. The summed E-state index contributed by atoms with van der Waals surface area (Å²) in [5.74, 6) is 0.913. The van der Waals surface area contributed by atoms with Crippen molar-refractivity contribution in [2.75, 3.05) is 7.05 Å². The Bertz CT molecular complexity index is 336. The fourth-order valence-corrected chi connectivity index (χ4v) is 4.16.